The Kier molecular flexibility index (Phi) is 3.95. The SMILES string of the molecule is Nc1ncc(-c2nnnn2-c2ccc(Br)cc2)c(-c2ccccc2)n1. The fourth-order valence-corrected chi connectivity index (χ4v) is 2.75. The van der Waals surface area contributed by atoms with Gasteiger partial charge in [0.15, 0.2) is 5.82 Å². The first-order valence-corrected chi connectivity index (χ1v) is 8.24. The van der Waals surface area contributed by atoms with Crippen molar-refractivity contribution in [1.82, 2.24) is 30.2 Å². The predicted octanol–water partition coefficient (Wildman–Crippen LogP) is 3.13. The van der Waals surface area contributed by atoms with Gasteiger partial charge >= 0.3 is 0 Å². The Labute approximate surface area is 151 Å². The van der Waals surface area contributed by atoms with E-state index in [1.165, 1.54) is 0 Å². The summed E-state index contributed by atoms with van der Waals surface area (Å²) < 4.78 is 2.62. The summed E-state index contributed by atoms with van der Waals surface area (Å²) in [5.74, 6) is 0.742. The molecule has 25 heavy (non-hydrogen) atoms. The van der Waals surface area contributed by atoms with Crippen LogP contribution in [0.4, 0.5) is 5.95 Å². The number of anilines is 1. The summed E-state index contributed by atoms with van der Waals surface area (Å²) in [4.78, 5) is 8.52. The molecule has 0 atom stereocenters. The Morgan fingerprint density at radius 2 is 1.72 bits per heavy atom. The topological polar surface area (TPSA) is 95.4 Å². The molecule has 0 saturated heterocycles. The van der Waals surface area contributed by atoms with Crippen molar-refractivity contribution in [3.63, 3.8) is 0 Å². The van der Waals surface area contributed by atoms with Crippen molar-refractivity contribution < 1.29 is 0 Å². The highest BCUT2D eigenvalue weighted by atomic mass is 79.9. The summed E-state index contributed by atoms with van der Waals surface area (Å²) >= 11 is 3.43. The number of nitrogens with two attached hydrogens (primary N) is 1. The van der Waals surface area contributed by atoms with E-state index in [0.29, 0.717) is 17.1 Å². The van der Waals surface area contributed by atoms with Crippen molar-refractivity contribution in [3.05, 3.63) is 65.3 Å². The van der Waals surface area contributed by atoms with E-state index in [1.54, 1.807) is 10.9 Å². The van der Waals surface area contributed by atoms with Crippen LogP contribution in [0.5, 0.6) is 0 Å². The minimum Gasteiger partial charge on any atom is -0.368 e. The van der Waals surface area contributed by atoms with Gasteiger partial charge in [0.2, 0.25) is 5.95 Å². The number of tetrazole rings is 1. The molecule has 0 aliphatic carbocycles. The van der Waals surface area contributed by atoms with Crippen LogP contribution >= 0.6 is 15.9 Å². The molecule has 0 aliphatic heterocycles. The molecule has 0 saturated carbocycles. The van der Waals surface area contributed by atoms with Crippen molar-refractivity contribution >= 4 is 21.9 Å². The summed E-state index contributed by atoms with van der Waals surface area (Å²) in [6.07, 6.45) is 1.64. The molecule has 0 unspecified atom stereocenters. The van der Waals surface area contributed by atoms with Crippen LogP contribution < -0.4 is 5.73 Å². The maximum absolute atomic E-state index is 5.80. The highest BCUT2D eigenvalue weighted by Gasteiger charge is 2.18. The molecule has 8 heteroatoms. The molecule has 2 aromatic carbocycles. The Morgan fingerprint density at radius 3 is 2.48 bits per heavy atom. The molecule has 0 radical (unpaired) electrons. The lowest BCUT2D eigenvalue weighted by molar-refractivity contribution is 0.791. The zero-order valence-corrected chi connectivity index (χ0v) is 14.5. The number of benzene rings is 2. The lowest BCUT2D eigenvalue weighted by atomic mass is 10.1. The highest BCUT2D eigenvalue weighted by Crippen LogP contribution is 2.30. The van der Waals surface area contributed by atoms with Crippen LogP contribution in [0.15, 0.2) is 65.3 Å². The van der Waals surface area contributed by atoms with Crippen molar-refractivity contribution in [1.29, 1.82) is 0 Å². The van der Waals surface area contributed by atoms with Gasteiger partial charge in [-0.1, -0.05) is 46.3 Å². The summed E-state index contributed by atoms with van der Waals surface area (Å²) in [6.45, 7) is 0. The molecule has 0 spiro atoms. The van der Waals surface area contributed by atoms with Crippen LogP contribution in [0, 0.1) is 0 Å². The van der Waals surface area contributed by atoms with E-state index >= 15 is 0 Å². The van der Waals surface area contributed by atoms with E-state index < -0.39 is 0 Å². The van der Waals surface area contributed by atoms with Crippen molar-refractivity contribution in [2.24, 2.45) is 0 Å². The highest BCUT2D eigenvalue weighted by molar-refractivity contribution is 9.10. The largest absolute Gasteiger partial charge is 0.368 e. The zero-order valence-electron chi connectivity index (χ0n) is 12.9. The van der Waals surface area contributed by atoms with Crippen molar-refractivity contribution in [2.75, 3.05) is 5.73 Å². The van der Waals surface area contributed by atoms with E-state index in [0.717, 1.165) is 15.7 Å². The van der Waals surface area contributed by atoms with Gasteiger partial charge < -0.3 is 5.73 Å². The molecule has 122 valence electrons. The van der Waals surface area contributed by atoms with E-state index in [4.69, 9.17) is 5.73 Å². The third-order valence-corrected chi connectivity index (χ3v) is 4.16. The Bertz CT molecular complexity index is 1010. The molecular formula is C17H12BrN7. The molecule has 2 aromatic heterocycles. The van der Waals surface area contributed by atoms with Gasteiger partial charge in [-0.25, -0.2) is 9.97 Å². The first-order chi connectivity index (χ1) is 12.2. The Morgan fingerprint density at radius 1 is 0.960 bits per heavy atom. The minimum absolute atomic E-state index is 0.199. The van der Waals surface area contributed by atoms with Gasteiger partial charge in [-0.2, -0.15) is 4.68 Å². The van der Waals surface area contributed by atoms with Gasteiger partial charge in [-0.3, -0.25) is 0 Å². The van der Waals surface area contributed by atoms with Crippen LogP contribution in [0.3, 0.4) is 0 Å². The smallest absolute Gasteiger partial charge is 0.220 e. The standard InChI is InChI=1S/C17H12BrN7/c18-12-6-8-13(9-7-12)25-16(22-23-24-25)14-10-20-17(19)21-15(14)11-4-2-1-3-5-11/h1-10H,(H2,19,20,21). The number of nitrogens with zero attached hydrogens (tertiary/aromatic N) is 6. The van der Waals surface area contributed by atoms with Gasteiger partial charge in [0.05, 0.1) is 16.9 Å². The third kappa shape index (κ3) is 2.99. The monoisotopic (exact) mass is 393 g/mol. The van der Waals surface area contributed by atoms with Gasteiger partial charge in [0, 0.05) is 16.2 Å². The first kappa shape index (κ1) is 15.4. The second-order valence-electron chi connectivity index (χ2n) is 5.25. The maximum atomic E-state index is 5.80. The second kappa shape index (κ2) is 6.40. The van der Waals surface area contributed by atoms with Gasteiger partial charge in [-0.05, 0) is 34.7 Å². The number of rotatable bonds is 3. The van der Waals surface area contributed by atoms with Gasteiger partial charge in [0.25, 0.3) is 0 Å². The molecule has 0 aliphatic rings. The van der Waals surface area contributed by atoms with Crippen LogP contribution in [0.1, 0.15) is 0 Å². The van der Waals surface area contributed by atoms with E-state index in [-0.39, 0.29) is 5.95 Å². The van der Waals surface area contributed by atoms with E-state index in [2.05, 4.69) is 41.4 Å². The molecule has 0 bridgehead atoms. The van der Waals surface area contributed by atoms with Gasteiger partial charge in [0.1, 0.15) is 0 Å². The minimum atomic E-state index is 0.199. The average molecular weight is 394 g/mol. The molecule has 0 amide bonds. The molecule has 2 N–H and O–H groups in total. The van der Waals surface area contributed by atoms with Crippen LogP contribution in [-0.4, -0.2) is 30.2 Å². The number of hydrogen-bond donors (Lipinski definition) is 1. The third-order valence-electron chi connectivity index (χ3n) is 3.64. The molecule has 0 fully saturated rings. The number of nitrogen functional groups attached to an aromatic ring is 1. The van der Waals surface area contributed by atoms with Crippen LogP contribution in [0.2, 0.25) is 0 Å². The van der Waals surface area contributed by atoms with Crippen LogP contribution in [0.25, 0.3) is 28.3 Å². The molecular weight excluding hydrogens is 382 g/mol. The quantitative estimate of drug-likeness (QED) is 0.574. The van der Waals surface area contributed by atoms with Crippen molar-refractivity contribution in [2.45, 2.75) is 0 Å². The predicted molar refractivity (Wildman–Crippen MR) is 97.7 cm³/mol. The average Bonchev–Trinajstić information content (AvgIpc) is 3.12. The van der Waals surface area contributed by atoms with E-state index in [1.807, 2.05) is 54.6 Å². The number of hydrogen-bond acceptors (Lipinski definition) is 6. The fraction of sp³-hybridized carbons (Fsp3) is 0. The fourth-order valence-electron chi connectivity index (χ4n) is 2.49. The Hall–Kier alpha value is -3.13. The summed E-state index contributed by atoms with van der Waals surface area (Å²) in [5, 5.41) is 12.1. The lowest BCUT2D eigenvalue weighted by Gasteiger charge is -2.09. The Balaban J connectivity index is 1.90. The second-order valence-corrected chi connectivity index (χ2v) is 6.16. The molecule has 7 nitrogen and oxygen atoms in total. The zero-order chi connectivity index (χ0) is 17.2. The number of halogens is 1. The van der Waals surface area contributed by atoms with E-state index in [9.17, 15) is 0 Å². The maximum Gasteiger partial charge on any atom is 0.220 e. The van der Waals surface area contributed by atoms with Crippen LogP contribution in [-0.2, 0) is 0 Å². The number of aromatic nitrogens is 6. The molecule has 4 rings (SSSR count). The summed E-state index contributed by atoms with van der Waals surface area (Å²) in [6, 6.07) is 17.4. The molecule has 2 heterocycles. The summed E-state index contributed by atoms with van der Waals surface area (Å²) in [5.41, 5.74) is 8.93. The van der Waals surface area contributed by atoms with Gasteiger partial charge in [-0.15, -0.1) is 5.10 Å². The summed E-state index contributed by atoms with van der Waals surface area (Å²) in [7, 11) is 0. The van der Waals surface area contributed by atoms with Crippen molar-refractivity contribution in [3.8, 4) is 28.3 Å². The normalized spacial score (nSPS) is 10.8. The lowest BCUT2D eigenvalue weighted by Crippen LogP contribution is -2.04. The first-order valence-electron chi connectivity index (χ1n) is 7.45. The molecule has 4 aromatic rings.